The van der Waals surface area contributed by atoms with Crippen molar-refractivity contribution in [1.29, 1.82) is 0 Å². The number of nitrogens with one attached hydrogen (secondary N) is 1. The Kier molecular flexibility index (Phi) is 7.47. The molecule has 0 amide bonds. The molecule has 1 aromatic heterocycles. The minimum absolute atomic E-state index is 0.0106. The summed E-state index contributed by atoms with van der Waals surface area (Å²) in [7, 11) is 1.68. The van der Waals surface area contributed by atoms with Crippen LogP contribution in [-0.2, 0) is 11.2 Å². The number of aryl methyl sites for hydroxylation is 2. The number of rotatable bonds is 9. The quantitative estimate of drug-likeness (QED) is 0.288. The number of para-hydroxylation sites is 1. The Morgan fingerprint density at radius 2 is 1.80 bits per heavy atom. The van der Waals surface area contributed by atoms with E-state index in [1.807, 2.05) is 37.3 Å². The fraction of sp³-hybridized carbons (Fsp3) is 0.267. The zero-order chi connectivity index (χ0) is 24.9. The van der Waals surface area contributed by atoms with Crippen molar-refractivity contribution in [2.75, 3.05) is 7.11 Å². The summed E-state index contributed by atoms with van der Waals surface area (Å²) in [6.45, 7) is 6.30. The van der Waals surface area contributed by atoms with Gasteiger partial charge in [0.05, 0.1) is 18.3 Å². The van der Waals surface area contributed by atoms with Gasteiger partial charge in [0.2, 0.25) is 0 Å². The number of nitrogens with zero attached hydrogens (tertiary/aromatic N) is 1. The largest absolute Gasteiger partial charge is 0.497 e. The number of carboxylic acids is 1. The molecule has 4 aromatic rings. The van der Waals surface area contributed by atoms with Gasteiger partial charge in [0.15, 0.2) is 0 Å². The van der Waals surface area contributed by atoms with E-state index in [1.54, 1.807) is 7.11 Å². The molecule has 0 saturated carbocycles. The molecular formula is C30H32N2O3. The highest BCUT2D eigenvalue weighted by atomic mass is 16.5. The van der Waals surface area contributed by atoms with Crippen molar-refractivity contribution >= 4 is 16.9 Å². The number of methoxy groups -OCH3 is 1. The van der Waals surface area contributed by atoms with Gasteiger partial charge in [-0.15, -0.1) is 0 Å². The van der Waals surface area contributed by atoms with Crippen molar-refractivity contribution in [3.8, 4) is 16.9 Å². The number of pyridine rings is 1. The second-order valence-electron chi connectivity index (χ2n) is 9.03. The summed E-state index contributed by atoms with van der Waals surface area (Å²) >= 11 is 0. The molecule has 0 aliphatic heterocycles. The molecule has 0 aliphatic rings. The van der Waals surface area contributed by atoms with E-state index >= 15 is 0 Å². The maximum absolute atomic E-state index is 11.1. The first kappa shape index (κ1) is 24.4. The summed E-state index contributed by atoms with van der Waals surface area (Å²) in [6, 6.07) is 24.9. The molecule has 35 heavy (non-hydrogen) atoms. The number of carbonyl (C=O) groups is 1. The van der Waals surface area contributed by atoms with Crippen LogP contribution in [0.4, 0.5) is 0 Å². The molecule has 5 heteroatoms. The van der Waals surface area contributed by atoms with Crippen molar-refractivity contribution in [2.45, 2.75) is 45.7 Å². The predicted molar refractivity (Wildman–Crippen MR) is 141 cm³/mol. The Morgan fingerprint density at radius 3 is 2.57 bits per heavy atom. The van der Waals surface area contributed by atoms with Crippen LogP contribution in [0.2, 0.25) is 0 Å². The van der Waals surface area contributed by atoms with Gasteiger partial charge in [0, 0.05) is 23.9 Å². The Morgan fingerprint density at radius 1 is 1.00 bits per heavy atom. The minimum Gasteiger partial charge on any atom is -0.497 e. The van der Waals surface area contributed by atoms with Gasteiger partial charge >= 0.3 is 5.97 Å². The van der Waals surface area contributed by atoms with Crippen LogP contribution in [0, 0.1) is 6.92 Å². The average molecular weight is 469 g/mol. The summed E-state index contributed by atoms with van der Waals surface area (Å²) in [6.07, 6.45) is 0.636. The zero-order valence-corrected chi connectivity index (χ0v) is 20.7. The van der Waals surface area contributed by atoms with E-state index in [0.29, 0.717) is 6.42 Å². The van der Waals surface area contributed by atoms with E-state index in [0.717, 1.165) is 50.2 Å². The van der Waals surface area contributed by atoms with Crippen LogP contribution in [-0.4, -0.2) is 23.2 Å². The molecule has 1 unspecified atom stereocenters. The molecule has 5 nitrogen and oxygen atoms in total. The molecule has 2 N–H and O–H groups in total. The van der Waals surface area contributed by atoms with Crippen LogP contribution in [0.15, 0.2) is 72.8 Å². The molecule has 0 fully saturated rings. The van der Waals surface area contributed by atoms with Gasteiger partial charge < -0.3 is 15.2 Å². The number of benzene rings is 3. The molecule has 0 aliphatic carbocycles. The third-order valence-corrected chi connectivity index (χ3v) is 6.54. The number of aromatic nitrogens is 1. The molecule has 4 rings (SSSR count). The third-order valence-electron chi connectivity index (χ3n) is 6.54. The van der Waals surface area contributed by atoms with Crippen molar-refractivity contribution < 1.29 is 14.6 Å². The van der Waals surface area contributed by atoms with Crippen molar-refractivity contribution in [2.24, 2.45) is 0 Å². The van der Waals surface area contributed by atoms with E-state index in [-0.39, 0.29) is 18.5 Å². The van der Waals surface area contributed by atoms with E-state index in [4.69, 9.17) is 14.8 Å². The van der Waals surface area contributed by atoms with Crippen molar-refractivity contribution in [1.82, 2.24) is 10.3 Å². The van der Waals surface area contributed by atoms with Crippen LogP contribution in [0.3, 0.4) is 0 Å². The lowest BCUT2D eigenvalue weighted by Crippen LogP contribution is -2.23. The van der Waals surface area contributed by atoms with Gasteiger partial charge in [-0.3, -0.25) is 9.78 Å². The molecule has 3 aromatic carbocycles. The summed E-state index contributed by atoms with van der Waals surface area (Å²) < 4.78 is 5.38. The van der Waals surface area contributed by atoms with Crippen molar-refractivity contribution in [3.63, 3.8) is 0 Å². The fourth-order valence-corrected chi connectivity index (χ4v) is 4.47. The summed E-state index contributed by atoms with van der Waals surface area (Å²) in [5, 5.41) is 13.9. The minimum atomic E-state index is -0.781. The summed E-state index contributed by atoms with van der Waals surface area (Å²) in [4.78, 5) is 16.1. The molecule has 1 heterocycles. The Balaban J connectivity index is 1.69. The van der Waals surface area contributed by atoms with Gasteiger partial charge in [-0.1, -0.05) is 48.5 Å². The Labute approximate surface area is 206 Å². The van der Waals surface area contributed by atoms with Crippen LogP contribution in [0.5, 0.6) is 5.75 Å². The van der Waals surface area contributed by atoms with Crippen LogP contribution >= 0.6 is 0 Å². The van der Waals surface area contributed by atoms with Gasteiger partial charge in [0.1, 0.15) is 5.75 Å². The third kappa shape index (κ3) is 5.69. The first-order chi connectivity index (χ1) is 16.9. The van der Waals surface area contributed by atoms with E-state index in [1.165, 1.54) is 0 Å². The van der Waals surface area contributed by atoms with Crippen molar-refractivity contribution in [3.05, 3.63) is 95.2 Å². The normalized spacial score (nSPS) is 12.9. The fourth-order valence-electron chi connectivity index (χ4n) is 4.47. The summed E-state index contributed by atoms with van der Waals surface area (Å²) in [5.74, 6) is 0.0597. The van der Waals surface area contributed by atoms with Gasteiger partial charge in [-0.25, -0.2) is 0 Å². The first-order valence-corrected chi connectivity index (χ1v) is 12.0. The highest BCUT2D eigenvalue weighted by Gasteiger charge is 2.16. The van der Waals surface area contributed by atoms with Gasteiger partial charge in [0.25, 0.3) is 0 Å². The molecule has 180 valence electrons. The summed E-state index contributed by atoms with van der Waals surface area (Å²) in [5.41, 5.74) is 7.39. The SMILES string of the molecule is COc1cccc([C@@H](C)NC(C)c2cc(-c3ccc(C)c(CCC(=O)O)c3)c3ccccc3n2)c1. The number of hydrogen-bond donors (Lipinski definition) is 2. The van der Waals surface area contributed by atoms with Gasteiger partial charge in [-0.05, 0) is 79.3 Å². The number of fused-ring (bicyclic) bond motifs is 1. The molecular weight excluding hydrogens is 436 g/mol. The van der Waals surface area contributed by atoms with E-state index < -0.39 is 5.97 Å². The topological polar surface area (TPSA) is 71.5 Å². The standard InChI is InChI=1S/C30H32N2O3/c1-19-12-13-24(16-22(19)14-15-30(33)34)27-18-29(32-28-11-6-5-10-26(27)28)21(3)31-20(2)23-8-7-9-25(17-23)35-4/h5-13,16-18,20-21,31H,14-15H2,1-4H3,(H,33,34)/t20-,21?/m1/s1. The number of ether oxygens (including phenoxy) is 1. The van der Waals surface area contributed by atoms with Crippen LogP contribution in [0.25, 0.3) is 22.0 Å². The molecule has 0 bridgehead atoms. The number of carboxylic acid groups (broad SMARTS) is 1. The average Bonchev–Trinajstić information content (AvgIpc) is 2.87. The first-order valence-electron chi connectivity index (χ1n) is 12.0. The lowest BCUT2D eigenvalue weighted by Gasteiger charge is -2.22. The monoisotopic (exact) mass is 468 g/mol. The lowest BCUT2D eigenvalue weighted by atomic mass is 9.94. The highest BCUT2D eigenvalue weighted by molar-refractivity contribution is 5.95. The zero-order valence-electron chi connectivity index (χ0n) is 20.7. The van der Waals surface area contributed by atoms with Gasteiger partial charge in [-0.2, -0.15) is 0 Å². The van der Waals surface area contributed by atoms with E-state index in [2.05, 4.69) is 61.6 Å². The number of aliphatic carboxylic acids is 1. The molecule has 0 radical (unpaired) electrons. The smallest absolute Gasteiger partial charge is 0.303 e. The second-order valence-corrected chi connectivity index (χ2v) is 9.03. The lowest BCUT2D eigenvalue weighted by molar-refractivity contribution is -0.136. The Hall–Kier alpha value is -3.70. The maximum atomic E-state index is 11.1. The number of hydrogen-bond acceptors (Lipinski definition) is 4. The molecule has 0 spiro atoms. The highest BCUT2D eigenvalue weighted by Crippen LogP contribution is 2.32. The Bertz CT molecular complexity index is 1350. The van der Waals surface area contributed by atoms with Crippen LogP contribution < -0.4 is 10.1 Å². The van der Waals surface area contributed by atoms with Crippen LogP contribution in [0.1, 0.15) is 54.7 Å². The molecule has 2 atom stereocenters. The molecule has 0 saturated heterocycles. The van der Waals surface area contributed by atoms with E-state index in [9.17, 15) is 4.79 Å². The maximum Gasteiger partial charge on any atom is 0.303 e. The predicted octanol–water partition coefficient (Wildman–Crippen LogP) is 6.65. The second kappa shape index (κ2) is 10.7.